The number of aliphatic hydroxyl groups excluding tert-OH is 1. The topological polar surface area (TPSA) is 52.9 Å². The number of hydrogen-bond donors (Lipinski definition) is 1. The number of nitrogens with zero attached hydrogens (tertiary/aromatic N) is 2. The molecule has 142 valence electrons. The number of aliphatic imine (C=N–C) groups is 1. The number of aliphatic hydroxyl groups is 1. The van der Waals surface area contributed by atoms with Crippen molar-refractivity contribution >= 4 is 11.7 Å². The molecule has 4 heteroatoms. The van der Waals surface area contributed by atoms with Gasteiger partial charge in [0.25, 0.3) is 0 Å². The van der Waals surface area contributed by atoms with E-state index in [0.29, 0.717) is 5.71 Å². The van der Waals surface area contributed by atoms with Gasteiger partial charge >= 0.3 is 6.03 Å². The lowest BCUT2D eigenvalue weighted by Gasteiger charge is -2.28. The molecule has 0 unspecified atom stereocenters. The molecule has 0 bridgehead atoms. The van der Waals surface area contributed by atoms with E-state index in [1.54, 1.807) is 7.05 Å². The van der Waals surface area contributed by atoms with Crippen LogP contribution < -0.4 is 0 Å². The molecule has 4 nitrogen and oxygen atoms in total. The van der Waals surface area contributed by atoms with Gasteiger partial charge in [-0.3, -0.25) is 0 Å². The summed E-state index contributed by atoms with van der Waals surface area (Å²) < 4.78 is 0. The average molecular weight is 372 g/mol. The molecule has 0 radical (unpaired) electrons. The minimum absolute atomic E-state index is 0.398. The van der Waals surface area contributed by atoms with Crippen molar-refractivity contribution in [1.29, 1.82) is 0 Å². The third-order valence-electron chi connectivity index (χ3n) is 4.81. The Labute approximate surface area is 165 Å². The van der Waals surface area contributed by atoms with E-state index in [2.05, 4.69) is 4.99 Å². The first kappa shape index (κ1) is 19.5. The van der Waals surface area contributed by atoms with E-state index in [0.717, 1.165) is 16.7 Å². The van der Waals surface area contributed by atoms with Crippen LogP contribution in [-0.2, 0) is 0 Å². The monoisotopic (exact) mass is 372 g/mol. The van der Waals surface area contributed by atoms with E-state index in [-0.39, 0.29) is 0 Å². The number of carbonyl (C=O) groups excluding carboxylic acids is 1. The van der Waals surface area contributed by atoms with E-state index >= 15 is 0 Å². The van der Waals surface area contributed by atoms with Crippen LogP contribution in [0.1, 0.15) is 29.7 Å². The molecule has 3 aromatic carbocycles. The Hall–Kier alpha value is -3.24. The van der Waals surface area contributed by atoms with Crippen LogP contribution in [0.5, 0.6) is 0 Å². The van der Waals surface area contributed by atoms with Crippen molar-refractivity contribution in [3.05, 3.63) is 108 Å². The Kier molecular flexibility index (Phi) is 6.35. The lowest BCUT2D eigenvalue weighted by atomic mass is 10.0. The molecule has 2 atom stereocenters. The molecule has 0 saturated heterocycles. The second-order valence-corrected chi connectivity index (χ2v) is 6.68. The van der Waals surface area contributed by atoms with Gasteiger partial charge in [-0.05, 0) is 12.5 Å². The van der Waals surface area contributed by atoms with Crippen molar-refractivity contribution in [2.24, 2.45) is 4.99 Å². The molecule has 0 heterocycles. The highest BCUT2D eigenvalue weighted by Gasteiger charge is 2.24. The van der Waals surface area contributed by atoms with Crippen LogP contribution in [0.3, 0.4) is 0 Å². The van der Waals surface area contributed by atoms with Gasteiger partial charge in [-0.1, -0.05) is 91.0 Å². The first-order valence-corrected chi connectivity index (χ1v) is 9.27. The van der Waals surface area contributed by atoms with Crippen LogP contribution in [0.4, 0.5) is 4.79 Å². The fourth-order valence-corrected chi connectivity index (χ4v) is 2.98. The summed E-state index contributed by atoms with van der Waals surface area (Å²) in [5.74, 6) is 0. The summed E-state index contributed by atoms with van der Waals surface area (Å²) in [4.78, 5) is 18.8. The van der Waals surface area contributed by atoms with Crippen molar-refractivity contribution in [3.8, 4) is 0 Å². The van der Waals surface area contributed by atoms with Gasteiger partial charge < -0.3 is 10.0 Å². The molecule has 0 saturated carbocycles. The molecule has 0 fully saturated rings. The Morgan fingerprint density at radius 2 is 1.25 bits per heavy atom. The second-order valence-electron chi connectivity index (χ2n) is 6.68. The zero-order valence-electron chi connectivity index (χ0n) is 16.1. The fourth-order valence-electron chi connectivity index (χ4n) is 2.98. The van der Waals surface area contributed by atoms with Crippen molar-refractivity contribution in [2.45, 2.75) is 19.1 Å². The molecule has 0 aliphatic heterocycles. The summed E-state index contributed by atoms with van der Waals surface area (Å²) in [6.45, 7) is 1.82. The van der Waals surface area contributed by atoms with Crippen LogP contribution in [0.25, 0.3) is 0 Å². The quantitative estimate of drug-likeness (QED) is 0.660. The maximum Gasteiger partial charge on any atom is 0.344 e. The van der Waals surface area contributed by atoms with Gasteiger partial charge in [-0.2, -0.15) is 4.99 Å². The maximum atomic E-state index is 12.9. The predicted octanol–water partition coefficient (Wildman–Crippen LogP) is 4.70. The molecule has 2 amide bonds. The lowest BCUT2D eigenvalue weighted by molar-refractivity contribution is 0.0883. The van der Waals surface area contributed by atoms with Crippen LogP contribution in [0.15, 0.2) is 96.0 Å². The molecule has 3 aromatic rings. The first-order chi connectivity index (χ1) is 13.6. The highest BCUT2D eigenvalue weighted by atomic mass is 16.3. The number of urea groups is 1. The number of carbonyl (C=O) groups is 1. The van der Waals surface area contributed by atoms with Crippen molar-refractivity contribution < 1.29 is 9.90 Å². The maximum absolute atomic E-state index is 12.9. The van der Waals surface area contributed by atoms with Crippen molar-refractivity contribution in [3.63, 3.8) is 0 Å². The smallest absolute Gasteiger partial charge is 0.344 e. The Morgan fingerprint density at radius 1 is 0.821 bits per heavy atom. The highest BCUT2D eigenvalue weighted by Crippen LogP contribution is 2.21. The Morgan fingerprint density at radius 3 is 1.71 bits per heavy atom. The SMILES string of the molecule is C[C@H]([C@H](O)c1ccccc1)N(C)C(=O)N=C(c1ccccc1)c1ccccc1. The standard InChI is InChI=1S/C24H24N2O2/c1-18(23(27)21-16-10-5-11-17-21)26(2)24(28)25-22(19-12-6-3-7-13-19)20-14-8-4-9-15-20/h3-18,23,27H,1-2H3/t18-,23+/m1/s1. The third-order valence-corrected chi connectivity index (χ3v) is 4.81. The number of rotatable bonds is 5. The van der Waals surface area contributed by atoms with Gasteiger partial charge in [0.2, 0.25) is 0 Å². The molecule has 0 aliphatic rings. The minimum Gasteiger partial charge on any atom is -0.386 e. The Balaban J connectivity index is 1.88. The summed E-state index contributed by atoms with van der Waals surface area (Å²) in [6, 6.07) is 27.8. The largest absolute Gasteiger partial charge is 0.386 e. The average Bonchev–Trinajstić information content (AvgIpc) is 2.77. The van der Waals surface area contributed by atoms with Crippen LogP contribution >= 0.6 is 0 Å². The number of likely N-dealkylation sites (N-methyl/N-ethyl adjacent to an activating group) is 1. The number of hydrogen-bond acceptors (Lipinski definition) is 2. The van der Waals surface area contributed by atoms with Crippen molar-refractivity contribution in [2.75, 3.05) is 7.05 Å². The van der Waals surface area contributed by atoms with E-state index < -0.39 is 18.2 Å². The lowest BCUT2D eigenvalue weighted by Crippen LogP contribution is -2.38. The highest BCUT2D eigenvalue weighted by molar-refractivity contribution is 6.16. The fraction of sp³-hybridized carbons (Fsp3) is 0.167. The number of amides is 2. The van der Waals surface area contributed by atoms with Gasteiger partial charge in [0.1, 0.15) is 0 Å². The van der Waals surface area contributed by atoms with Crippen LogP contribution in [0, 0.1) is 0 Å². The second kappa shape index (κ2) is 9.11. The van der Waals surface area contributed by atoms with Crippen LogP contribution in [0.2, 0.25) is 0 Å². The van der Waals surface area contributed by atoms with Gasteiger partial charge in [-0.15, -0.1) is 0 Å². The molecule has 3 rings (SSSR count). The third kappa shape index (κ3) is 4.53. The molecule has 1 N–H and O–H groups in total. The van der Waals surface area contributed by atoms with E-state index in [1.165, 1.54) is 4.90 Å². The molecular formula is C24H24N2O2. The van der Waals surface area contributed by atoms with E-state index in [4.69, 9.17) is 0 Å². The van der Waals surface area contributed by atoms with Gasteiger partial charge in [-0.25, -0.2) is 4.79 Å². The zero-order valence-corrected chi connectivity index (χ0v) is 16.1. The normalized spacial score (nSPS) is 12.7. The summed E-state index contributed by atoms with van der Waals surface area (Å²) in [5.41, 5.74) is 3.11. The zero-order chi connectivity index (χ0) is 19.9. The predicted molar refractivity (Wildman–Crippen MR) is 113 cm³/mol. The molecule has 0 spiro atoms. The van der Waals surface area contributed by atoms with Crippen molar-refractivity contribution in [1.82, 2.24) is 4.90 Å². The summed E-state index contributed by atoms with van der Waals surface area (Å²) >= 11 is 0. The molecular weight excluding hydrogens is 348 g/mol. The summed E-state index contributed by atoms with van der Waals surface area (Å²) in [5, 5.41) is 10.6. The van der Waals surface area contributed by atoms with Gasteiger partial charge in [0.05, 0.1) is 17.9 Å². The summed E-state index contributed by atoms with van der Waals surface area (Å²) in [7, 11) is 1.66. The van der Waals surface area contributed by atoms with Crippen LogP contribution in [-0.4, -0.2) is 34.8 Å². The van der Waals surface area contributed by atoms with Gasteiger partial charge in [0.15, 0.2) is 0 Å². The molecule has 0 aliphatic carbocycles. The molecule has 28 heavy (non-hydrogen) atoms. The van der Waals surface area contributed by atoms with E-state index in [9.17, 15) is 9.90 Å². The molecule has 0 aromatic heterocycles. The van der Waals surface area contributed by atoms with Gasteiger partial charge in [0, 0.05) is 18.2 Å². The first-order valence-electron chi connectivity index (χ1n) is 9.27. The minimum atomic E-state index is -0.790. The van der Waals surface area contributed by atoms with E-state index in [1.807, 2.05) is 97.9 Å². The Bertz CT molecular complexity index is 883. The summed E-state index contributed by atoms with van der Waals surface area (Å²) in [6.07, 6.45) is -0.790. The number of benzene rings is 3.